The lowest BCUT2D eigenvalue weighted by Gasteiger charge is -2.35. The van der Waals surface area contributed by atoms with Gasteiger partial charge in [0.25, 0.3) is 5.92 Å². The Labute approximate surface area is 92.4 Å². The van der Waals surface area contributed by atoms with Crippen LogP contribution >= 0.6 is 0 Å². The van der Waals surface area contributed by atoms with E-state index in [1.165, 1.54) is 10.7 Å². The molecule has 16 heavy (non-hydrogen) atoms. The molecule has 0 aromatic carbocycles. The molecule has 0 radical (unpaired) electrons. The van der Waals surface area contributed by atoms with E-state index >= 15 is 0 Å². The van der Waals surface area contributed by atoms with Crippen molar-refractivity contribution in [1.82, 2.24) is 9.78 Å². The van der Waals surface area contributed by atoms with Crippen LogP contribution in [-0.4, -0.2) is 23.0 Å². The summed E-state index contributed by atoms with van der Waals surface area (Å²) < 4.78 is 33.0. The lowest BCUT2D eigenvalue weighted by atomic mass is 9.89. The fourth-order valence-electron chi connectivity index (χ4n) is 1.95. The third-order valence-corrected chi connectivity index (χ3v) is 2.95. The van der Waals surface area contributed by atoms with E-state index < -0.39 is 5.92 Å². The van der Waals surface area contributed by atoms with Gasteiger partial charge in [-0.15, -0.1) is 0 Å². The van der Waals surface area contributed by atoms with Crippen molar-refractivity contribution in [3.63, 3.8) is 0 Å². The van der Waals surface area contributed by atoms with E-state index in [9.17, 15) is 8.78 Å². The fourth-order valence-corrected chi connectivity index (χ4v) is 1.95. The Balaban J connectivity index is 2.22. The van der Waals surface area contributed by atoms with Gasteiger partial charge in [0.05, 0.1) is 12.1 Å². The number of halogens is 2. The van der Waals surface area contributed by atoms with Crippen LogP contribution in [-0.2, 0) is 10.7 Å². The van der Waals surface area contributed by atoms with Crippen LogP contribution in [0.15, 0.2) is 6.07 Å². The summed E-state index contributed by atoms with van der Waals surface area (Å²) in [5.74, 6) is -2.78. The number of ether oxygens (including phenoxy) is 1. The predicted octanol–water partition coefficient (Wildman–Crippen LogP) is 1.93. The van der Waals surface area contributed by atoms with Crippen LogP contribution in [0.1, 0.15) is 31.5 Å². The van der Waals surface area contributed by atoms with Crippen molar-refractivity contribution in [1.29, 1.82) is 0 Å². The molecule has 0 aliphatic heterocycles. The molecular formula is C10H15F2N3O. The number of anilines is 1. The van der Waals surface area contributed by atoms with Crippen molar-refractivity contribution in [2.75, 3.05) is 12.8 Å². The first kappa shape index (κ1) is 11.3. The third kappa shape index (κ3) is 1.89. The van der Waals surface area contributed by atoms with Gasteiger partial charge < -0.3 is 10.5 Å². The molecule has 0 unspecified atom stereocenters. The molecule has 0 saturated heterocycles. The summed E-state index contributed by atoms with van der Waals surface area (Å²) in [7, 11) is 1.62. The number of rotatable bonds is 3. The Morgan fingerprint density at radius 1 is 1.56 bits per heavy atom. The zero-order valence-electron chi connectivity index (χ0n) is 9.28. The molecule has 90 valence electrons. The second-order valence-corrected chi connectivity index (χ2v) is 4.27. The topological polar surface area (TPSA) is 53.1 Å². The van der Waals surface area contributed by atoms with E-state index in [1.807, 2.05) is 0 Å². The van der Waals surface area contributed by atoms with Crippen molar-refractivity contribution < 1.29 is 13.5 Å². The van der Waals surface area contributed by atoms with Crippen LogP contribution in [0.3, 0.4) is 0 Å². The Hall–Kier alpha value is -1.17. The third-order valence-electron chi connectivity index (χ3n) is 2.95. The zero-order valence-corrected chi connectivity index (χ0v) is 9.28. The number of methoxy groups -OCH3 is 1. The molecule has 6 heteroatoms. The van der Waals surface area contributed by atoms with E-state index in [0.717, 1.165) is 6.92 Å². The average Bonchev–Trinajstić information content (AvgIpc) is 2.45. The zero-order chi connectivity index (χ0) is 11.9. The van der Waals surface area contributed by atoms with Gasteiger partial charge in [0.15, 0.2) is 0 Å². The van der Waals surface area contributed by atoms with E-state index in [1.54, 1.807) is 7.11 Å². The number of alkyl halides is 2. The molecule has 1 aliphatic carbocycles. The van der Waals surface area contributed by atoms with Crippen molar-refractivity contribution in [3.8, 4) is 0 Å². The fraction of sp³-hybridized carbons (Fsp3) is 0.700. The van der Waals surface area contributed by atoms with Gasteiger partial charge in [0.1, 0.15) is 11.5 Å². The first-order valence-electron chi connectivity index (χ1n) is 5.18. The molecule has 1 aromatic heterocycles. The molecule has 1 fully saturated rings. The standard InChI is InChI=1S/C10H15F2N3O/c1-10(11,12)8-5-9(13)14-15(8)6-3-7(4-6)16-2/h5-7H,3-4H2,1-2H3,(H2,13,14). The van der Waals surface area contributed by atoms with Crippen molar-refractivity contribution >= 4 is 5.82 Å². The van der Waals surface area contributed by atoms with Gasteiger partial charge in [0.2, 0.25) is 0 Å². The predicted molar refractivity (Wildman–Crippen MR) is 55.3 cm³/mol. The molecule has 0 bridgehead atoms. The molecule has 1 heterocycles. The van der Waals surface area contributed by atoms with Crippen LogP contribution in [0.2, 0.25) is 0 Å². The highest BCUT2D eigenvalue weighted by atomic mass is 19.3. The molecular weight excluding hydrogens is 216 g/mol. The molecule has 1 saturated carbocycles. The normalized spacial score (nSPS) is 25.5. The lowest BCUT2D eigenvalue weighted by Crippen LogP contribution is -2.35. The van der Waals surface area contributed by atoms with Crippen LogP contribution < -0.4 is 5.73 Å². The summed E-state index contributed by atoms with van der Waals surface area (Å²) in [5, 5.41) is 3.93. The maximum Gasteiger partial charge on any atom is 0.286 e. The molecule has 1 aliphatic rings. The summed E-state index contributed by atoms with van der Waals surface area (Å²) in [6.07, 6.45) is 1.57. The first-order valence-corrected chi connectivity index (χ1v) is 5.18. The minimum Gasteiger partial charge on any atom is -0.382 e. The van der Waals surface area contributed by atoms with E-state index in [4.69, 9.17) is 10.5 Å². The maximum atomic E-state index is 13.3. The Kier molecular flexibility index (Phi) is 2.61. The smallest absolute Gasteiger partial charge is 0.286 e. The highest BCUT2D eigenvalue weighted by molar-refractivity contribution is 5.32. The lowest BCUT2D eigenvalue weighted by molar-refractivity contribution is -0.0202. The summed E-state index contributed by atoms with van der Waals surface area (Å²) in [5.41, 5.74) is 5.34. The molecule has 2 rings (SSSR count). The molecule has 0 amide bonds. The molecule has 0 spiro atoms. The van der Waals surface area contributed by atoms with Crippen LogP contribution in [0.4, 0.5) is 14.6 Å². The molecule has 1 aromatic rings. The number of nitrogen functional groups attached to an aromatic ring is 1. The van der Waals surface area contributed by atoms with Gasteiger partial charge in [-0.25, -0.2) is 0 Å². The first-order chi connectivity index (χ1) is 7.41. The summed E-state index contributed by atoms with van der Waals surface area (Å²) >= 11 is 0. The van der Waals surface area contributed by atoms with Crippen molar-refractivity contribution in [2.24, 2.45) is 0 Å². The summed E-state index contributed by atoms with van der Waals surface area (Å²) in [4.78, 5) is 0. The van der Waals surface area contributed by atoms with Crippen LogP contribution in [0, 0.1) is 0 Å². The van der Waals surface area contributed by atoms with Gasteiger partial charge in [-0.2, -0.15) is 13.9 Å². The van der Waals surface area contributed by atoms with E-state index in [-0.39, 0.29) is 23.7 Å². The number of nitrogens with zero attached hydrogens (tertiary/aromatic N) is 2. The van der Waals surface area contributed by atoms with Crippen LogP contribution in [0.25, 0.3) is 0 Å². The van der Waals surface area contributed by atoms with E-state index in [0.29, 0.717) is 12.8 Å². The quantitative estimate of drug-likeness (QED) is 0.864. The number of nitrogens with two attached hydrogens (primary N) is 1. The second-order valence-electron chi connectivity index (χ2n) is 4.27. The molecule has 4 nitrogen and oxygen atoms in total. The molecule has 2 N–H and O–H groups in total. The minimum atomic E-state index is -2.91. The monoisotopic (exact) mass is 231 g/mol. The number of hydrogen-bond donors (Lipinski definition) is 1. The maximum absolute atomic E-state index is 13.3. The SMILES string of the molecule is COC1CC(n2nc(N)cc2C(C)(F)F)C1. The highest BCUT2D eigenvalue weighted by Gasteiger charge is 2.37. The van der Waals surface area contributed by atoms with Crippen molar-refractivity contribution in [3.05, 3.63) is 11.8 Å². The van der Waals surface area contributed by atoms with Gasteiger partial charge in [-0.05, 0) is 12.8 Å². The van der Waals surface area contributed by atoms with Gasteiger partial charge >= 0.3 is 0 Å². The van der Waals surface area contributed by atoms with Crippen LogP contribution in [0.5, 0.6) is 0 Å². The van der Waals surface area contributed by atoms with E-state index in [2.05, 4.69) is 5.10 Å². The Morgan fingerprint density at radius 2 is 2.19 bits per heavy atom. The molecule has 0 atom stereocenters. The van der Waals surface area contributed by atoms with Gasteiger partial charge in [-0.3, -0.25) is 4.68 Å². The number of hydrogen-bond acceptors (Lipinski definition) is 3. The average molecular weight is 231 g/mol. The summed E-state index contributed by atoms with van der Waals surface area (Å²) in [6.45, 7) is 0.854. The van der Waals surface area contributed by atoms with Crippen molar-refractivity contribution in [2.45, 2.75) is 37.8 Å². The second kappa shape index (κ2) is 3.69. The highest BCUT2D eigenvalue weighted by Crippen LogP contribution is 2.38. The Morgan fingerprint density at radius 3 is 2.69 bits per heavy atom. The summed E-state index contributed by atoms with van der Waals surface area (Å²) in [6, 6.07) is 1.21. The van der Waals surface area contributed by atoms with Gasteiger partial charge in [-0.1, -0.05) is 0 Å². The minimum absolute atomic E-state index is 0.0249. The van der Waals surface area contributed by atoms with Gasteiger partial charge in [0, 0.05) is 20.1 Å². The Bertz CT molecular complexity index is 380. The largest absolute Gasteiger partial charge is 0.382 e. The number of aromatic nitrogens is 2.